The Bertz CT molecular complexity index is 740. The number of anilines is 1. The average Bonchev–Trinajstić information content (AvgIpc) is 3.14. The highest BCUT2D eigenvalue weighted by molar-refractivity contribution is 7.13. The van der Waals surface area contributed by atoms with Gasteiger partial charge in [-0.1, -0.05) is 6.92 Å². The van der Waals surface area contributed by atoms with Gasteiger partial charge in [0.25, 0.3) is 0 Å². The van der Waals surface area contributed by atoms with Gasteiger partial charge >= 0.3 is 0 Å². The van der Waals surface area contributed by atoms with Crippen molar-refractivity contribution in [3.05, 3.63) is 35.3 Å². The van der Waals surface area contributed by atoms with Gasteiger partial charge in [-0.05, 0) is 62.5 Å². The van der Waals surface area contributed by atoms with Crippen molar-refractivity contribution in [3.8, 4) is 11.5 Å². The minimum atomic E-state index is -0.0222. The molecule has 2 aromatic rings. The van der Waals surface area contributed by atoms with Crippen LogP contribution in [0, 0.1) is 5.92 Å². The molecule has 0 saturated carbocycles. The van der Waals surface area contributed by atoms with Crippen LogP contribution in [0.5, 0.6) is 11.5 Å². The third-order valence-corrected chi connectivity index (χ3v) is 5.74. The number of carbonyl (C=O) groups excluding carboxylic acids is 1. The van der Waals surface area contributed by atoms with Gasteiger partial charge in [0, 0.05) is 18.3 Å². The molecule has 0 bridgehead atoms. The normalized spacial score (nSPS) is 15.4. The van der Waals surface area contributed by atoms with Crippen molar-refractivity contribution < 1.29 is 14.3 Å². The fourth-order valence-corrected chi connectivity index (χ4v) is 3.88. The second kappa shape index (κ2) is 10.4. The molecule has 0 aliphatic carbocycles. The van der Waals surface area contributed by atoms with E-state index in [9.17, 15) is 4.79 Å². The molecule has 1 aliphatic heterocycles. The number of hydrogen-bond acceptors (Lipinski definition) is 6. The van der Waals surface area contributed by atoms with Crippen LogP contribution in [-0.4, -0.2) is 42.6 Å². The summed E-state index contributed by atoms with van der Waals surface area (Å²) >= 11 is 1.49. The lowest BCUT2D eigenvalue weighted by atomic mass is 9.99. The Morgan fingerprint density at radius 1 is 1.25 bits per heavy atom. The zero-order valence-electron chi connectivity index (χ0n) is 16.6. The number of ether oxygens (including phenoxy) is 2. The standard InChI is InChI=1S/C21H29N3O3S/c1-16-9-11-24(12-10-16)14-17-15-28-21(22-17)23-20(25)4-3-13-27-19-7-5-18(26-2)6-8-19/h5-8,15-16H,3-4,9-14H2,1-2H3,(H,22,23,25). The van der Waals surface area contributed by atoms with E-state index in [1.54, 1.807) is 7.11 Å². The molecule has 1 fully saturated rings. The maximum atomic E-state index is 12.1. The Labute approximate surface area is 170 Å². The average molecular weight is 404 g/mol. The highest BCUT2D eigenvalue weighted by Gasteiger charge is 2.17. The molecular formula is C21H29N3O3S. The zero-order chi connectivity index (χ0) is 19.8. The highest BCUT2D eigenvalue weighted by Crippen LogP contribution is 2.21. The van der Waals surface area contributed by atoms with E-state index in [0.29, 0.717) is 24.6 Å². The number of nitrogens with zero attached hydrogens (tertiary/aromatic N) is 2. The van der Waals surface area contributed by atoms with Crippen LogP contribution in [0.15, 0.2) is 29.6 Å². The van der Waals surface area contributed by atoms with Crippen LogP contribution in [0.3, 0.4) is 0 Å². The molecule has 1 N–H and O–H groups in total. The molecule has 1 aromatic carbocycles. The molecule has 1 amide bonds. The summed E-state index contributed by atoms with van der Waals surface area (Å²) in [5.74, 6) is 2.38. The number of nitrogens with one attached hydrogen (secondary N) is 1. The van der Waals surface area contributed by atoms with E-state index in [0.717, 1.165) is 42.7 Å². The molecule has 2 heterocycles. The van der Waals surface area contributed by atoms with Crippen LogP contribution in [0.2, 0.25) is 0 Å². The molecular weight excluding hydrogens is 374 g/mol. The Balaban J connectivity index is 1.34. The lowest BCUT2D eigenvalue weighted by molar-refractivity contribution is -0.116. The van der Waals surface area contributed by atoms with E-state index in [-0.39, 0.29) is 5.91 Å². The zero-order valence-corrected chi connectivity index (χ0v) is 17.5. The molecule has 0 unspecified atom stereocenters. The Kier molecular flexibility index (Phi) is 7.68. The van der Waals surface area contributed by atoms with Gasteiger partial charge in [-0.3, -0.25) is 9.69 Å². The second-order valence-corrected chi connectivity index (χ2v) is 8.14. The number of likely N-dealkylation sites (tertiary alicyclic amines) is 1. The Hall–Kier alpha value is -2.12. The third kappa shape index (κ3) is 6.49. The minimum absolute atomic E-state index is 0.0222. The van der Waals surface area contributed by atoms with Gasteiger partial charge in [-0.15, -0.1) is 11.3 Å². The van der Waals surface area contributed by atoms with E-state index in [2.05, 4.69) is 22.1 Å². The second-order valence-electron chi connectivity index (χ2n) is 7.28. The summed E-state index contributed by atoms with van der Waals surface area (Å²) in [4.78, 5) is 19.1. The number of methoxy groups -OCH3 is 1. The van der Waals surface area contributed by atoms with E-state index in [4.69, 9.17) is 9.47 Å². The fraction of sp³-hybridized carbons (Fsp3) is 0.524. The number of thiazole rings is 1. The van der Waals surface area contributed by atoms with Gasteiger partial charge in [0.1, 0.15) is 11.5 Å². The van der Waals surface area contributed by atoms with Crippen molar-refractivity contribution in [1.82, 2.24) is 9.88 Å². The number of aromatic nitrogens is 1. The summed E-state index contributed by atoms with van der Waals surface area (Å²) in [5.41, 5.74) is 1.04. The van der Waals surface area contributed by atoms with E-state index >= 15 is 0 Å². The summed E-state index contributed by atoms with van der Waals surface area (Å²) in [7, 11) is 1.63. The summed E-state index contributed by atoms with van der Waals surface area (Å²) in [6.07, 6.45) is 3.58. The molecule has 3 rings (SSSR count). The maximum Gasteiger partial charge on any atom is 0.226 e. The largest absolute Gasteiger partial charge is 0.497 e. The van der Waals surface area contributed by atoms with Gasteiger partial charge in [-0.25, -0.2) is 4.98 Å². The van der Waals surface area contributed by atoms with Gasteiger partial charge in [-0.2, -0.15) is 0 Å². The summed E-state index contributed by atoms with van der Waals surface area (Å²) in [6, 6.07) is 7.43. The van der Waals surface area contributed by atoms with Gasteiger partial charge in [0.05, 0.1) is 19.4 Å². The number of amides is 1. The van der Waals surface area contributed by atoms with Gasteiger partial charge in [0.2, 0.25) is 5.91 Å². The monoisotopic (exact) mass is 403 g/mol. The molecule has 1 aliphatic rings. The summed E-state index contributed by atoms with van der Waals surface area (Å²) in [6.45, 7) is 5.95. The van der Waals surface area contributed by atoms with Crippen molar-refractivity contribution in [1.29, 1.82) is 0 Å². The number of hydrogen-bond donors (Lipinski definition) is 1. The topological polar surface area (TPSA) is 63.7 Å². The molecule has 1 saturated heterocycles. The maximum absolute atomic E-state index is 12.1. The Morgan fingerprint density at radius 2 is 1.96 bits per heavy atom. The van der Waals surface area contributed by atoms with Crippen LogP contribution in [0.1, 0.15) is 38.3 Å². The van der Waals surface area contributed by atoms with Crippen LogP contribution in [0.25, 0.3) is 0 Å². The van der Waals surface area contributed by atoms with Crippen LogP contribution in [0.4, 0.5) is 5.13 Å². The first-order valence-corrected chi connectivity index (χ1v) is 10.7. The number of carbonyl (C=O) groups is 1. The fourth-order valence-electron chi connectivity index (χ4n) is 3.16. The minimum Gasteiger partial charge on any atom is -0.497 e. The number of piperidine rings is 1. The van der Waals surface area contributed by atoms with Crippen molar-refractivity contribution in [2.24, 2.45) is 5.92 Å². The first kappa shape index (κ1) is 20.6. The summed E-state index contributed by atoms with van der Waals surface area (Å²) in [5, 5.41) is 5.62. The SMILES string of the molecule is COc1ccc(OCCCC(=O)Nc2nc(CN3CCC(C)CC3)cs2)cc1. The smallest absolute Gasteiger partial charge is 0.226 e. The van der Waals surface area contributed by atoms with E-state index in [1.165, 1.54) is 24.2 Å². The molecule has 152 valence electrons. The van der Waals surface area contributed by atoms with Crippen LogP contribution >= 0.6 is 11.3 Å². The molecule has 6 nitrogen and oxygen atoms in total. The Morgan fingerprint density at radius 3 is 2.68 bits per heavy atom. The number of benzene rings is 1. The van der Waals surface area contributed by atoms with Crippen molar-refractivity contribution in [3.63, 3.8) is 0 Å². The molecule has 7 heteroatoms. The van der Waals surface area contributed by atoms with Gasteiger partial charge in [0.15, 0.2) is 5.13 Å². The molecule has 0 spiro atoms. The molecule has 1 aromatic heterocycles. The predicted molar refractivity (Wildman–Crippen MR) is 112 cm³/mol. The highest BCUT2D eigenvalue weighted by atomic mass is 32.1. The summed E-state index contributed by atoms with van der Waals surface area (Å²) < 4.78 is 10.8. The molecule has 0 radical (unpaired) electrons. The van der Waals surface area contributed by atoms with Crippen LogP contribution in [-0.2, 0) is 11.3 Å². The molecule has 0 atom stereocenters. The lowest BCUT2D eigenvalue weighted by Gasteiger charge is -2.29. The van der Waals surface area contributed by atoms with Crippen molar-refractivity contribution >= 4 is 22.4 Å². The number of rotatable bonds is 9. The lowest BCUT2D eigenvalue weighted by Crippen LogP contribution is -2.32. The van der Waals surface area contributed by atoms with Gasteiger partial charge < -0.3 is 14.8 Å². The predicted octanol–water partition coefficient (Wildman–Crippen LogP) is 4.18. The first-order valence-electron chi connectivity index (χ1n) is 9.86. The first-order chi connectivity index (χ1) is 13.6. The van der Waals surface area contributed by atoms with Crippen molar-refractivity contribution in [2.45, 2.75) is 39.2 Å². The quantitative estimate of drug-likeness (QED) is 0.636. The van der Waals surface area contributed by atoms with Crippen molar-refractivity contribution in [2.75, 3.05) is 32.1 Å². The van der Waals surface area contributed by atoms with Crippen LogP contribution < -0.4 is 14.8 Å². The van der Waals surface area contributed by atoms with E-state index < -0.39 is 0 Å². The van der Waals surface area contributed by atoms with E-state index in [1.807, 2.05) is 29.6 Å². The third-order valence-electron chi connectivity index (χ3n) is 4.94. The molecule has 28 heavy (non-hydrogen) atoms.